The first kappa shape index (κ1) is 25.9. The molecule has 0 aliphatic carbocycles. The molecule has 1 aromatic rings. The van der Waals surface area contributed by atoms with Crippen LogP contribution in [0.4, 0.5) is 22.0 Å². The third-order valence-corrected chi connectivity index (χ3v) is 4.40. The minimum absolute atomic E-state index is 0.0483. The number of hydrogen-bond donors (Lipinski definition) is 4. The molecule has 2 unspecified atom stereocenters. The second-order valence-electron chi connectivity index (χ2n) is 6.62. The molecule has 12 heteroatoms. The number of aliphatic hydroxyl groups excluding tert-OH is 2. The van der Waals surface area contributed by atoms with Crippen molar-refractivity contribution in [3.63, 3.8) is 0 Å². The number of carbonyl (C=O) groups is 2. The highest BCUT2D eigenvalue weighted by Gasteiger charge is 2.63. The maximum Gasteiger partial charge on any atom is 0.461 e. The third kappa shape index (κ3) is 6.17. The average molecular weight is 443 g/mol. The molecule has 0 aromatic heterocycles. The highest BCUT2D eigenvalue weighted by Crippen LogP contribution is 2.37. The van der Waals surface area contributed by atoms with Gasteiger partial charge in [-0.3, -0.25) is 9.59 Å². The van der Waals surface area contributed by atoms with E-state index in [4.69, 9.17) is 20.7 Å². The fraction of sp³-hybridized carbons (Fsp3) is 0.556. The fourth-order valence-corrected chi connectivity index (χ4v) is 2.38. The normalized spacial score (nSPS) is 15.5. The summed E-state index contributed by atoms with van der Waals surface area (Å²) in [6.07, 6.45) is -6.89. The van der Waals surface area contributed by atoms with Crippen molar-refractivity contribution in [3.8, 4) is 0 Å². The largest absolute Gasteiger partial charge is 0.480 e. The van der Waals surface area contributed by atoms with Gasteiger partial charge in [0.25, 0.3) is 0 Å². The van der Waals surface area contributed by atoms with Gasteiger partial charge in [0.15, 0.2) is 5.54 Å². The Morgan fingerprint density at radius 3 is 2.10 bits per heavy atom. The summed E-state index contributed by atoms with van der Waals surface area (Å²) in [7, 11) is 0. The first-order valence-electron chi connectivity index (χ1n) is 8.74. The van der Waals surface area contributed by atoms with E-state index in [1.807, 2.05) is 0 Å². The SMILES string of the molecule is NC(CO)(C(=O)O)C(O)CCOCCCc1ccc(C(=O)C(F)(F)C(F)(F)F)cc1. The van der Waals surface area contributed by atoms with E-state index in [9.17, 15) is 36.6 Å². The molecule has 0 fully saturated rings. The van der Waals surface area contributed by atoms with Crippen LogP contribution in [-0.4, -0.2) is 70.6 Å². The minimum atomic E-state index is -5.97. The first-order valence-corrected chi connectivity index (χ1v) is 8.74. The van der Waals surface area contributed by atoms with Crippen LogP contribution in [0, 0.1) is 0 Å². The fourth-order valence-electron chi connectivity index (χ4n) is 2.38. The van der Waals surface area contributed by atoms with Crippen LogP contribution in [0.2, 0.25) is 0 Å². The molecular weight excluding hydrogens is 421 g/mol. The van der Waals surface area contributed by atoms with E-state index in [2.05, 4.69) is 0 Å². The Hall–Kier alpha value is -2.15. The van der Waals surface area contributed by atoms with Crippen molar-refractivity contribution < 1.29 is 51.6 Å². The number of nitrogens with two attached hydrogens (primary N) is 1. The van der Waals surface area contributed by atoms with E-state index in [-0.39, 0.29) is 19.6 Å². The maximum atomic E-state index is 13.1. The Balaban J connectivity index is 2.44. The number of carboxylic acids is 1. The lowest BCUT2D eigenvalue weighted by molar-refractivity contribution is -0.255. The topological polar surface area (TPSA) is 130 Å². The first-order chi connectivity index (χ1) is 13.8. The van der Waals surface area contributed by atoms with Crippen molar-refractivity contribution in [2.75, 3.05) is 19.8 Å². The number of aryl methyl sites for hydroxylation is 1. The third-order valence-electron chi connectivity index (χ3n) is 4.40. The minimum Gasteiger partial charge on any atom is -0.480 e. The second-order valence-corrected chi connectivity index (χ2v) is 6.62. The summed E-state index contributed by atoms with van der Waals surface area (Å²) < 4.78 is 68.1. The number of aliphatic carboxylic acids is 1. The molecular formula is C18H22F5NO6. The van der Waals surface area contributed by atoms with Gasteiger partial charge >= 0.3 is 18.1 Å². The van der Waals surface area contributed by atoms with Crippen LogP contribution >= 0.6 is 0 Å². The summed E-state index contributed by atoms with van der Waals surface area (Å²) in [5, 5.41) is 27.7. The number of benzene rings is 1. The molecule has 1 aromatic carbocycles. The van der Waals surface area contributed by atoms with E-state index in [1.165, 1.54) is 12.1 Å². The molecule has 0 amide bonds. The van der Waals surface area contributed by atoms with Gasteiger partial charge in [-0.1, -0.05) is 24.3 Å². The number of carbonyl (C=O) groups excluding carboxylic acids is 1. The molecule has 0 saturated carbocycles. The Kier molecular flexibility index (Phi) is 8.84. The van der Waals surface area contributed by atoms with E-state index < -0.39 is 47.7 Å². The average Bonchev–Trinajstić information content (AvgIpc) is 2.68. The van der Waals surface area contributed by atoms with E-state index in [1.54, 1.807) is 0 Å². The Labute approximate surface area is 168 Å². The number of Topliss-reactive ketones (excluding diaryl/α,β-unsaturated/α-hetero) is 1. The van der Waals surface area contributed by atoms with Crippen LogP contribution in [0.5, 0.6) is 0 Å². The number of carboxylic acid groups (broad SMARTS) is 1. The quantitative estimate of drug-likeness (QED) is 0.219. The predicted octanol–water partition coefficient (Wildman–Crippen LogP) is 1.54. The van der Waals surface area contributed by atoms with Gasteiger partial charge in [-0.15, -0.1) is 0 Å². The van der Waals surface area contributed by atoms with E-state index >= 15 is 0 Å². The van der Waals surface area contributed by atoms with E-state index in [0.29, 0.717) is 18.4 Å². The molecule has 0 saturated heterocycles. The summed E-state index contributed by atoms with van der Waals surface area (Å²) in [4.78, 5) is 22.3. The van der Waals surface area contributed by atoms with Crippen LogP contribution in [0.15, 0.2) is 24.3 Å². The molecule has 0 radical (unpaired) electrons. The molecule has 2 atom stereocenters. The van der Waals surface area contributed by atoms with E-state index in [0.717, 1.165) is 12.1 Å². The van der Waals surface area contributed by atoms with Crippen molar-refractivity contribution in [3.05, 3.63) is 35.4 Å². The lowest BCUT2D eigenvalue weighted by atomic mass is 9.92. The molecule has 0 aliphatic heterocycles. The Morgan fingerprint density at radius 1 is 1.07 bits per heavy atom. The van der Waals surface area contributed by atoms with Crippen molar-refractivity contribution in [1.82, 2.24) is 0 Å². The lowest BCUT2D eigenvalue weighted by Gasteiger charge is -2.27. The number of ketones is 1. The number of halogens is 5. The number of ether oxygens (including phenoxy) is 1. The highest BCUT2D eigenvalue weighted by atomic mass is 19.4. The monoisotopic (exact) mass is 443 g/mol. The van der Waals surface area contributed by atoms with Crippen molar-refractivity contribution >= 4 is 11.8 Å². The zero-order valence-corrected chi connectivity index (χ0v) is 15.7. The second kappa shape index (κ2) is 10.2. The van der Waals surface area contributed by atoms with Crippen LogP contribution in [0.25, 0.3) is 0 Å². The molecule has 170 valence electrons. The number of aliphatic hydroxyl groups is 2. The van der Waals surface area contributed by atoms with Crippen LogP contribution in [0.1, 0.15) is 28.8 Å². The smallest absolute Gasteiger partial charge is 0.461 e. The van der Waals surface area contributed by atoms with Gasteiger partial charge in [-0.25, -0.2) is 0 Å². The lowest BCUT2D eigenvalue weighted by Crippen LogP contribution is -2.60. The van der Waals surface area contributed by atoms with Crippen LogP contribution in [0.3, 0.4) is 0 Å². The van der Waals surface area contributed by atoms with Crippen LogP contribution < -0.4 is 5.73 Å². The molecule has 0 aliphatic rings. The number of rotatable bonds is 12. The van der Waals surface area contributed by atoms with Crippen molar-refractivity contribution in [2.24, 2.45) is 5.73 Å². The van der Waals surface area contributed by atoms with Gasteiger partial charge in [0.05, 0.1) is 12.7 Å². The molecule has 5 N–H and O–H groups in total. The summed E-state index contributed by atoms with van der Waals surface area (Å²) in [5.41, 5.74) is 3.00. The zero-order chi connectivity index (χ0) is 23.2. The Morgan fingerprint density at radius 2 is 1.63 bits per heavy atom. The Bertz CT molecular complexity index is 725. The highest BCUT2D eigenvalue weighted by molar-refractivity contribution is 6.01. The molecule has 0 spiro atoms. The predicted molar refractivity (Wildman–Crippen MR) is 93.2 cm³/mol. The van der Waals surface area contributed by atoms with Crippen molar-refractivity contribution in [2.45, 2.75) is 43.0 Å². The molecule has 1 rings (SSSR count). The van der Waals surface area contributed by atoms with Crippen LogP contribution in [-0.2, 0) is 16.0 Å². The zero-order valence-electron chi connectivity index (χ0n) is 15.7. The summed E-state index contributed by atoms with van der Waals surface area (Å²) in [5.74, 6) is -9.36. The number of alkyl halides is 5. The van der Waals surface area contributed by atoms with Crippen molar-refractivity contribution in [1.29, 1.82) is 0 Å². The van der Waals surface area contributed by atoms with Gasteiger partial charge in [-0.05, 0) is 24.8 Å². The summed E-state index contributed by atoms with van der Waals surface area (Å²) in [6, 6.07) is 4.27. The molecule has 0 heterocycles. The molecule has 7 nitrogen and oxygen atoms in total. The van der Waals surface area contributed by atoms with Gasteiger partial charge in [0, 0.05) is 18.8 Å². The number of hydrogen-bond acceptors (Lipinski definition) is 6. The van der Waals surface area contributed by atoms with Gasteiger partial charge < -0.3 is 25.8 Å². The summed E-state index contributed by atoms with van der Waals surface area (Å²) in [6.45, 7) is -0.840. The maximum absolute atomic E-state index is 13.1. The molecule has 0 bridgehead atoms. The van der Waals surface area contributed by atoms with Gasteiger partial charge in [0.1, 0.15) is 0 Å². The van der Waals surface area contributed by atoms with Gasteiger partial charge in [0.2, 0.25) is 5.78 Å². The summed E-state index contributed by atoms with van der Waals surface area (Å²) >= 11 is 0. The van der Waals surface area contributed by atoms with Gasteiger partial charge in [-0.2, -0.15) is 22.0 Å². The molecule has 30 heavy (non-hydrogen) atoms. The standard InChI is InChI=1S/C18H22F5NO6/c19-17(20,18(21,22)23)14(27)12-5-3-11(4-6-12)2-1-8-30-9-7-13(26)16(24,10-25)15(28)29/h3-6,13,25-26H,1-2,7-10,24H2,(H,28,29).